The third kappa shape index (κ3) is 5.42. The molecule has 1 aromatic carbocycles. The van der Waals surface area contributed by atoms with Crippen molar-refractivity contribution in [2.75, 3.05) is 18.9 Å². The molecule has 2 rings (SSSR count). The van der Waals surface area contributed by atoms with Gasteiger partial charge in [-0.05, 0) is 35.7 Å². The van der Waals surface area contributed by atoms with Crippen molar-refractivity contribution in [3.63, 3.8) is 0 Å². The van der Waals surface area contributed by atoms with Gasteiger partial charge in [0.25, 0.3) is 5.91 Å². The van der Waals surface area contributed by atoms with Gasteiger partial charge in [-0.1, -0.05) is 6.07 Å². The van der Waals surface area contributed by atoms with Gasteiger partial charge in [0, 0.05) is 5.69 Å². The van der Waals surface area contributed by atoms with E-state index in [1.54, 1.807) is 11.3 Å². The lowest BCUT2D eigenvalue weighted by Crippen LogP contribution is -3.08. The highest BCUT2D eigenvalue weighted by Crippen LogP contribution is 2.17. The second-order valence-corrected chi connectivity index (χ2v) is 5.87. The minimum Gasteiger partial charge on any atom is -0.435 e. The molecule has 1 heterocycles. The summed E-state index contributed by atoms with van der Waals surface area (Å²) >= 11 is 1.66. The second kappa shape index (κ2) is 7.86. The number of amides is 1. The molecule has 0 aliphatic heterocycles. The van der Waals surface area contributed by atoms with Gasteiger partial charge >= 0.3 is 6.61 Å². The smallest absolute Gasteiger partial charge is 0.387 e. The number of hydrogen-bond acceptors (Lipinski definition) is 3. The van der Waals surface area contributed by atoms with Gasteiger partial charge in [-0.2, -0.15) is 8.78 Å². The van der Waals surface area contributed by atoms with Crippen molar-refractivity contribution >= 4 is 22.9 Å². The lowest BCUT2D eigenvalue weighted by atomic mass is 10.3. The zero-order chi connectivity index (χ0) is 15.9. The molecule has 0 aliphatic rings. The quantitative estimate of drug-likeness (QED) is 0.817. The Morgan fingerprint density at radius 2 is 2.05 bits per heavy atom. The van der Waals surface area contributed by atoms with E-state index in [4.69, 9.17) is 0 Å². The van der Waals surface area contributed by atoms with E-state index in [9.17, 15) is 13.6 Å². The average molecular weight is 327 g/mol. The number of ether oxygens (including phenoxy) is 1. The van der Waals surface area contributed by atoms with Crippen molar-refractivity contribution in [1.29, 1.82) is 0 Å². The number of likely N-dealkylation sites (N-methyl/N-ethyl adjacent to an activating group) is 1. The van der Waals surface area contributed by atoms with Crippen molar-refractivity contribution in [3.8, 4) is 5.75 Å². The van der Waals surface area contributed by atoms with Crippen LogP contribution in [0.15, 0.2) is 41.8 Å². The maximum atomic E-state index is 12.0. The summed E-state index contributed by atoms with van der Waals surface area (Å²) < 4.78 is 28.3. The van der Waals surface area contributed by atoms with Crippen LogP contribution >= 0.6 is 11.3 Å². The predicted molar refractivity (Wildman–Crippen MR) is 81.5 cm³/mol. The first-order valence-electron chi connectivity index (χ1n) is 6.71. The summed E-state index contributed by atoms with van der Waals surface area (Å²) in [5.41, 5.74) is 0.551. The number of hydrogen-bond donors (Lipinski definition) is 2. The molecule has 0 fully saturated rings. The van der Waals surface area contributed by atoms with E-state index in [0.29, 0.717) is 12.2 Å². The Labute approximate surface area is 131 Å². The van der Waals surface area contributed by atoms with Crippen molar-refractivity contribution in [2.45, 2.75) is 13.2 Å². The van der Waals surface area contributed by atoms with Gasteiger partial charge in [0.05, 0.1) is 11.9 Å². The van der Waals surface area contributed by atoms with E-state index < -0.39 is 6.61 Å². The molecule has 4 nitrogen and oxygen atoms in total. The van der Waals surface area contributed by atoms with Crippen molar-refractivity contribution in [1.82, 2.24) is 0 Å². The topological polar surface area (TPSA) is 42.8 Å². The van der Waals surface area contributed by atoms with Crippen LogP contribution in [0.4, 0.5) is 14.5 Å². The fraction of sp³-hybridized carbons (Fsp3) is 0.267. The Balaban J connectivity index is 1.81. The van der Waals surface area contributed by atoms with Crippen molar-refractivity contribution in [3.05, 3.63) is 46.7 Å². The number of benzene rings is 1. The minimum absolute atomic E-state index is 0.0634. The van der Waals surface area contributed by atoms with Crippen molar-refractivity contribution in [2.24, 2.45) is 0 Å². The number of carbonyl (C=O) groups excluding carboxylic acids is 1. The minimum atomic E-state index is -2.85. The molecule has 0 bridgehead atoms. The third-order valence-electron chi connectivity index (χ3n) is 2.88. The average Bonchev–Trinajstić information content (AvgIpc) is 2.93. The summed E-state index contributed by atoms with van der Waals surface area (Å²) in [6, 6.07) is 9.87. The van der Waals surface area contributed by atoms with Crippen LogP contribution in [0.25, 0.3) is 0 Å². The van der Waals surface area contributed by atoms with Gasteiger partial charge in [-0.3, -0.25) is 4.79 Å². The normalized spacial score (nSPS) is 12.2. The highest BCUT2D eigenvalue weighted by molar-refractivity contribution is 7.09. The van der Waals surface area contributed by atoms with Crippen LogP contribution in [-0.2, 0) is 11.3 Å². The molecule has 2 N–H and O–H groups in total. The Kier molecular flexibility index (Phi) is 5.85. The van der Waals surface area contributed by atoms with Crippen LogP contribution in [0.5, 0.6) is 5.75 Å². The molecule has 1 atom stereocenters. The van der Waals surface area contributed by atoms with Crippen LogP contribution in [0.2, 0.25) is 0 Å². The Morgan fingerprint density at radius 3 is 2.64 bits per heavy atom. The molecule has 1 unspecified atom stereocenters. The first-order valence-corrected chi connectivity index (χ1v) is 7.59. The molecule has 0 saturated carbocycles. The van der Waals surface area contributed by atoms with Crippen LogP contribution in [0.3, 0.4) is 0 Å². The molecule has 0 spiro atoms. The summed E-state index contributed by atoms with van der Waals surface area (Å²) in [7, 11) is 1.94. The monoisotopic (exact) mass is 327 g/mol. The molecular formula is C15H17F2N2O2S+. The zero-order valence-corrected chi connectivity index (χ0v) is 12.8. The number of alkyl halides is 2. The largest absolute Gasteiger partial charge is 0.435 e. The maximum Gasteiger partial charge on any atom is 0.387 e. The number of rotatable bonds is 7. The van der Waals surface area contributed by atoms with Gasteiger partial charge in [0.2, 0.25) is 0 Å². The molecular weight excluding hydrogens is 310 g/mol. The predicted octanol–water partition coefficient (Wildman–Crippen LogP) is 2.00. The standard InChI is InChI=1S/C15H16F2N2O2S/c1-19(9-13-3-2-8-22-13)10-14(20)18-11-4-6-12(7-5-11)21-15(16)17/h2-8,15H,9-10H2,1H3,(H,18,20)/p+1. The van der Waals surface area contributed by atoms with Gasteiger partial charge in [0.1, 0.15) is 12.3 Å². The highest BCUT2D eigenvalue weighted by atomic mass is 32.1. The molecule has 1 amide bonds. The number of quaternary nitrogens is 1. The Bertz CT molecular complexity index is 588. The summed E-state index contributed by atoms with van der Waals surface area (Å²) in [6.07, 6.45) is 0. The number of halogens is 2. The lowest BCUT2D eigenvalue weighted by Gasteiger charge is -2.13. The molecule has 0 radical (unpaired) electrons. The fourth-order valence-corrected chi connectivity index (χ4v) is 2.79. The van der Waals surface area contributed by atoms with E-state index in [1.165, 1.54) is 29.1 Å². The van der Waals surface area contributed by atoms with E-state index in [1.807, 2.05) is 24.6 Å². The number of thiophene rings is 1. The van der Waals surface area contributed by atoms with Crippen molar-refractivity contribution < 1.29 is 23.2 Å². The summed E-state index contributed by atoms with van der Waals surface area (Å²) in [5.74, 6) is -0.0648. The van der Waals surface area contributed by atoms with E-state index in [2.05, 4.69) is 10.1 Å². The molecule has 118 valence electrons. The molecule has 0 aliphatic carbocycles. The number of carbonyl (C=O) groups is 1. The maximum absolute atomic E-state index is 12.0. The summed E-state index contributed by atoms with van der Waals surface area (Å²) in [6.45, 7) is -1.74. The Morgan fingerprint density at radius 1 is 1.32 bits per heavy atom. The lowest BCUT2D eigenvalue weighted by molar-refractivity contribution is -0.884. The first kappa shape index (κ1) is 16.4. The van der Waals surface area contributed by atoms with Gasteiger partial charge in [-0.15, -0.1) is 11.3 Å². The number of anilines is 1. The third-order valence-corrected chi connectivity index (χ3v) is 3.76. The molecule has 22 heavy (non-hydrogen) atoms. The summed E-state index contributed by atoms with van der Waals surface area (Å²) in [5, 5.41) is 4.74. The molecule has 0 saturated heterocycles. The highest BCUT2D eigenvalue weighted by Gasteiger charge is 2.11. The van der Waals surface area contributed by atoms with Gasteiger partial charge in [0.15, 0.2) is 6.54 Å². The van der Waals surface area contributed by atoms with Crippen LogP contribution in [0.1, 0.15) is 4.88 Å². The Hall–Kier alpha value is -1.99. The van der Waals surface area contributed by atoms with E-state index >= 15 is 0 Å². The van der Waals surface area contributed by atoms with Crippen LogP contribution < -0.4 is 15.0 Å². The molecule has 2 aromatic rings. The zero-order valence-electron chi connectivity index (χ0n) is 12.0. The SMILES string of the molecule is C[NH+](CC(=O)Nc1ccc(OC(F)F)cc1)Cc1cccs1. The molecule has 7 heteroatoms. The fourth-order valence-electron chi connectivity index (χ4n) is 1.97. The second-order valence-electron chi connectivity index (χ2n) is 4.84. The number of nitrogens with one attached hydrogen (secondary N) is 2. The van der Waals surface area contributed by atoms with Crippen LogP contribution in [0, 0.1) is 0 Å². The van der Waals surface area contributed by atoms with Gasteiger partial charge in [-0.25, -0.2) is 0 Å². The first-order chi connectivity index (χ1) is 10.5. The van der Waals surface area contributed by atoms with Gasteiger partial charge < -0.3 is 15.0 Å². The van der Waals surface area contributed by atoms with Crippen LogP contribution in [-0.4, -0.2) is 26.1 Å². The van der Waals surface area contributed by atoms with E-state index in [0.717, 1.165) is 11.4 Å². The summed E-state index contributed by atoms with van der Waals surface area (Å²) in [4.78, 5) is 14.2. The van der Waals surface area contributed by atoms with E-state index in [-0.39, 0.29) is 11.7 Å². The molecule has 1 aromatic heterocycles.